The van der Waals surface area contributed by atoms with Gasteiger partial charge in [-0.2, -0.15) is 0 Å². The van der Waals surface area contributed by atoms with E-state index in [-0.39, 0.29) is 17.1 Å². The first kappa shape index (κ1) is 70.4. The number of ether oxygens (including phenoxy) is 12. The average molecular weight is 1210 g/mol. The van der Waals surface area contributed by atoms with Crippen LogP contribution in [0.2, 0.25) is 0 Å². The molecule has 0 aromatic heterocycles. The van der Waals surface area contributed by atoms with Crippen LogP contribution in [0.25, 0.3) is 0 Å². The molecule has 0 aromatic carbocycles. The van der Waals surface area contributed by atoms with Gasteiger partial charge >= 0.3 is 17.1 Å². The molecule has 6 aliphatic heterocycles. The van der Waals surface area contributed by atoms with Crippen LogP contribution in [0, 0.1) is 0 Å². The number of rotatable bonds is 15. The van der Waals surface area contributed by atoms with Crippen molar-refractivity contribution in [2.45, 2.75) is 184 Å². The van der Waals surface area contributed by atoms with Gasteiger partial charge in [0.25, 0.3) is 18.5 Å². The summed E-state index contributed by atoms with van der Waals surface area (Å²) >= 11 is 0. The van der Waals surface area contributed by atoms with Crippen LogP contribution in [-0.4, -0.2) is 350 Å². The van der Waals surface area contributed by atoms with E-state index in [9.17, 15) is 137 Å². The van der Waals surface area contributed by atoms with Gasteiger partial charge in [0.1, 0.15) is 128 Å². The smallest absolute Gasteiger partial charge is 0.541 e. The van der Waals surface area contributed by atoms with E-state index >= 15 is 0 Å². The third-order valence-corrected chi connectivity index (χ3v) is 12.6. The number of hydrogen-bond acceptors (Lipinski definition) is 39. The molecule has 0 saturated carbocycles. The fraction of sp³-hybridized carbons (Fsp3) is 0.923. The largest absolute Gasteiger partial charge is 3.00 e. The van der Waals surface area contributed by atoms with E-state index in [1.165, 1.54) is 0 Å². The van der Waals surface area contributed by atoms with Crippen LogP contribution in [0.3, 0.4) is 0 Å². The van der Waals surface area contributed by atoms with Crippen molar-refractivity contribution in [2.75, 3.05) is 39.6 Å². The zero-order valence-corrected chi connectivity index (χ0v) is 41.3. The van der Waals surface area contributed by atoms with Crippen LogP contribution >= 0.6 is 0 Å². The molecule has 0 amide bonds. The maximum absolute atomic E-state index is 10.6. The van der Waals surface area contributed by atoms with E-state index in [0.717, 1.165) is 0 Å². The van der Waals surface area contributed by atoms with Crippen LogP contribution in [0.15, 0.2) is 0 Å². The summed E-state index contributed by atoms with van der Waals surface area (Å²) in [5.41, 5.74) is 0. The fourth-order valence-electron chi connectivity index (χ4n) is 8.42. The minimum Gasteiger partial charge on any atom is -0.541 e. The number of aliphatic hydroxyl groups is 21. The van der Waals surface area contributed by atoms with Gasteiger partial charge in [0.2, 0.25) is 0 Å². The fourth-order valence-corrected chi connectivity index (χ4v) is 8.42. The second kappa shape index (κ2) is 31.7. The molecule has 40 heteroatoms. The van der Waals surface area contributed by atoms with Crippen LogP contribution in [-0.2, 0) is 73.9 Å². The summed E-state index contributed by atoms with van der Waals surface area (Å²) in [6, 6.07) is 0. The molecule has 6 rings (SSSR count). The number of hydrogen-bond donors (Lipinski definition) is 21. The topological polar surface area (TPSA) is 656 Å². The molecule has 0 bridgehead atoms. The number of carboxylic acid groups (broad SMARTS) is 3. The first-order chi connectivity index (χ1) is 36.6. The molecule has 0 spiro atoms. The summed E-state index contributed by atoms with van der Waals surface area (Å²) in [6.07, 6.45) is -56.8. The van der Waals surface area contributed by atoms with E-state index in [2.05, 4.69) is 14.2 Å². The minimum atomic E-state index is -2.06. The third kappa shape index (κ3) is 17.1. The molecule has 0 aliphatic carbocycles. The molecule has 461 valence electrons. The van der Waals surface area contributed by atoms with E-state index in [4.69, 9.17) is 42.6 Å². The molecule has 21 N–H and O–H groups in total. The monoisotopic (exact) mass is 1210 g/mol. The Kier molecular flexibility index (Phi) is 28.2. The summed E-state index contributed by atoms with van der Waals surface area (Å²) in [5.74, 6) is 0. The second-order valence-electron chi connectivity index (χ2n) is 17.6. The Morgan fingerprint density at radius 2 is 0.494 bits per heavy atom. The molecule has 6 fully saturated rings. The van der Waals surface area contributed by atoms with Gasteiger partial charge in [-0.3, -0.25) is 0 Å². The van der Waals surface area contributed by atoms with Gasteiger partial charge in [-0.05, 0) is 0 Å². The standard InChI is InChI=1S/3C13H22O13.Fe/c3*14-1-3-5(16)10(26-13(21)22)8(19)12(24-3)25-9-4(2-15)23-11(20)7(18)6(9)17;/h3*3-12,14-20H,1-2H2,(H,21,22);/q;;;+3/p-3/t3*3-,4-,5-,6-,7-,8-,9-,10+,11+,12-;/m111./s1. The maximum Gasteiger partial charge on any atom is 3.00 e. The maximum atomic E-state index is 10.6. The molecule has 30 atom stereocenters. The summed E-state index contributed by atoms with van der Waals surface area (Å²) < 4.78 is 58.7. The van der Waals surface area contributed by atoms with Gasteiger partial charge in [0.05, 0.1) is 58.0 Å². The van der Waals surface area contributed by atoms with Crippen molar-refractivity contribution >= 4 is 18.5 Å². The molecular weight excluding hydrogens is 1150 g/mol. The summed E-state index contributed by atoms with van der Waals surface area (Å²) in [4.78, 5) is 31.9. The van der Waals surface area contributed by atoms with Crippen molar-refractivity contribution in [3.8, 4) is 0 Å². The van der Waals surface area contributed by atoms with Crippen LogP contribution in [0.5, 0.6) is 0 Å². The number of carbonyl (C=O) groups excluding carboxylic acids is 3. The second-order valence-corrected chi connectivity index (χ2v) is 17.6. The molecule has 39 nitrogen and oxygen atoms in total. The predicted molar refractivity (Wildman–Crippen MR) is 219 cm³/mol. The normalized spacial score (nSPS) is 46.1. The van der Waals surface area contributed by atoms with E-state index in [1.54, 1.807) is 0 Å². The van der Waals surface area contributed by atoms with Gasteiger partial charge in [-0.1, -0.05) is 0 Å². The van der Waals surface area contributed by atoms with Crippen LogP contribution in [0.4, 0.5) is 14.4 Å². The van der Waals surface area contributed by atoms with E-state index < -0.39 is 242 Å². The first-order valence-electron chi connectivity index (χ1n) is 23.0. The van der Waals surface area contributed by atoms with Crippen LogP contribution in [0.1, 0.15) is 0 Å². The van der Waals surface area contributed by atoms with Crippen molar-refractivity contribution in [2.24, 2.45) is 0 Å². The van der Waals surface area contributed by atoms with Crippen LogP contribution < -0.4 is 15.3 Å². The molecule has 6 saturated heterocycles. The molecular formula is C39H63FeO39. The number of carbonyl (C=O) groups is 3. The zero-order valence-electron chi connectivity index (χ0n) is 40.2. The van der Waals surface area contributed by atoms with Gasteiger partial charge in [0.15, 0.2) is 37.7 Å². The molecule has 0 aromatic rings. The number of aliphatic hydroxyl groups excluding tert-OH is 21. The molecule has 79 heavy (non-hydrogen) atoms. The zero-order chi connectivity index (χ0) is 58.8. The SMILES string of the molecule is O=C([O-])O[C@@H]1[C@@H](O)[C@@H](O[C@H]2[C@H](O)[C@@H](O)[C@@H](O)O[C@@H]2CO)O[C@H](CO)[C@H]1O.O=C([O-])O[C@@H]1[C@@H](O)[C@@H](O[C@H]2[C@H](O)[C@@H](O)[C@@H](O)O[C@@H]2CO)O[C@H](CO)[C@H]1O.O=C([O-])O[C@@H]1[C@@H](O)[C@@H](O[C@H]2[C@H](O)[C@@H](O)[C@@H](O)O[C@@H]2CO)O[C@H](CO)[C@H]1O.[Fe+3]. The molecule has 0 unspecified atom stereocenters. The summed E-state index contributed by atoms with van der Waals surface area (Å²) in [7, 11) is 0. The predicted octanol–water partition coefficient (Wildman–Crippen LogP) is -18.1. The first-order valence-corrected chi connectivity index (χ1v) is 23.0. The van der Waals surface area contributed by atoms with Gasteiger partial charge in [-0.15, -0.1) is 0 Å². The third-order valence-electron chi connectivity index (χ3n) is 12.6. The van der Waals surface area contributed by atoms with Crippen molar-refractivity contribution in [1.29, 1.82) is 0 Å². The molecule has 1 radical (unpaired) electrons. The summed E-state index contributed by atoms with van der Waals surface area (Å²) in [5, 5.41) is 235. The Labute approximate surface area is 452 Å². The summed E-state index contributed by atoms with van der Waals surface area (Å²) in [6.45, 7) is -4.64. The quantitative estimate of drug-likeness (QED) is 0.0411. The van der Waals surface area contributed by atoms with Gasteiger partial charge in [-0.25, -0.2) is 0 Å². The Hall–Kier alpha value is -2.87. The molecule has 6 aliphatic rings. The average Bonchev–Trinajstić information content (AvgIpc) is 3.40. The molecule has 6 heterocycles. The minimum absolute atomic E-state index is 0. The van der Waals surface area contributed by atoms with Crippen molar-refractivity contribution < 1.29 is 211 Å². The Morgan fingerprint density at radius 3 is 0.671 bits per heavy atom. The van der Waals surface area contributed by atoms with Crippen molar-refractivity contribution in [3.05, 3.63) is 0 Å². The Bertz CT molecular complexity index is 1630. The van der Waals surface area contributed by atoms with Gasteiger partial charge < -0.3 is 194 Å². The Morgan fingerprint density at radius 1 is 0.291 bits per heavy atom. The van der Waals surface area contributed by atoms with E-state index in [1.807, 2.05) is 0 Å². The van der Waals surface area contributed by atoms with Crippen molar-refractivity contribution in [1.82, 2.24) is 0 Å². The van der Waals surface area contributed by atoms with Crippen molar-refractivity contribution in [3.63, 3.8) is 0 Å². The van der Waals surface area contributed by atoms with Gasteiger partial charge in [0, 0.05) is 0 Å². The Balaban J connectivity index is 0.000000309. The van der Waals surface area contributed by atoms with E-state index in [0.29, 0.717) is 0 Å².